The van der Waals surface area contributed by atoms with E-state index in [0.717, 1.165) is 32.2 Å². The Labute approximate surface area is 350 Å². The Hall–Kier alpha value is -2.85. The summed E-state index contributed by atoms with van der Waals surface area (Å²) in [5.74, 6) is -8.78. The van der Waals surface area contributed by atoms with Gasteiger partial charge in [-0.3, -0.25) is 23.0 Å². The maximum Gasteiger partial charge on any atom is 0.490 e. The number of phosphoric acid groups is 6. The van der Waals surface area contributed by atoms with Gasteiger partial charge in [0.1, 0.15) is 30.7 Å². The van der Waals surface area contributed by atoms with E-state index in [1.807, 2.05) is 5.48 Å². The Balaban J connectivity index is 1.61. The number of halogens is 2. The molecule has 0 aliphatic carbocycles. The van der Waals surface area contributed by atoms with Crippen LogP contribution < -0.4 is 22.6 Å². The molecule has 64 heavy (non-hydrogen) atoms. The summed E-state index contributed by atoms with van der Waals surface area (Å²) in [5.41, 5.74) is 8.42. The number of nitrogens with zero attached hydrogens (tertiary/aromatic N) is 7. The van der Waals surface area contributed by atoms with Crippen LogP contribution in [0.5, 0.6) is 0 Å². The normalized spacial score (nSPS) is 32.4. The largest absolute Gasteiger partial charge is 0.490 e. The van der Waals surface area contributed by atoms with Crippen LogP contribution in [0.25, 0.3) is 10.4 Å². The molecule has 0 saturated carbocycles. The molecule has 362 valence electrons. The summed E-state index contributed by atoms with van der Waals surface area (Å²) in [6.45, 7) is -2.38. The molecule has 4 rings (SSSR count). The number of hydrogen-bond acceptors (Lipinski definition) is 24. The van der Waals surface area contributed by atoms with Gasteiger partial charge in [-0.25, -0.2) is 51.2 Å². The highest BCUT2D eigenvalue weighted by molar-refractivity contribution is 7.67. The molecule has 2 aliphatic heterocycles. The third kappa shape index (κ3) is 12.8. The van der Waals surface area contributed by atoms with E-state index < -0.39 is 131 Å². The highest BCUT2D eigenvalue weighted by Crippen LogP contribution is 2.68. The van der Waals surface area contributed by atoms with E-state index in [4.69, 9.17) is 45.1 Å². The fraction of sp³-hybridized carbons (Fsp3) is 0.600. The van der Waals surface area contributed by atoms with Crippen molar-refractivity contribution < 1.29 is 126 Å². The molecule has 44 heteroatoms. The topological polar surface area (TPSA) is 544 Å². The number of ether oxygens (including phenoxy) is 2. The van der Waals surface area contributed by atoms with Crippen molar-refractivity contribution in [2.24, 2.45) is 5.11 Å². The molecule has 0 radical (unpaired) electrons. The minimum atomic E-state index is -6.12. The summed E-state index contributed by atoms with van der Waals surface area (Å²) in [7, 11) is -36.1. The maximum atomic E-state index is 16.4. The van der Waals surface area contributed by atoms with Crippen LogP contribution in [0.1, 0.15) is 26.3 Å². The predicted molar refractivity (Wildman–Crippen MR) is 192 cm³/mol. The van der Waals surface area contributed by atoms with Gasteiger partial charge in [-0.15, -0.1) is 0 Å². The van der Waals surface area contributed by atoms with Gasteiger partial charge >= 0.3 is 58.3 Å². The molecule has 4 heterocycles. The number of hydrogen-bond donors (Lipinski definition) is 12. The number of nitrogens with one attached hydrogen (secondary N) is 1. The van der Waals surface area contributed by atoms with Crippen molar-refractivity contribution in [3.8, 4) is 0 Å². The number of aliphatic hydroxyl groups is 2. The van der Waals surface area contributed by atoms with Crippen molar-refractivity contribution >= 4 is 58.6 Å². The van der Waals surface area contributed by atoms with Crippen molar-refractivity contribution in [1.82, 2.24) is 19.1 Å². The molecule has 13 N–H and O–H groups in total. The van der Waals surface area contributed by atoms with Crippen LogP contribution in [0.4, 0.5) is 20.4 Å². The molecule has 2 aromatic rings. The Kier molecular flexibility index (Phi) is 15.4. The van der Waals surface area contributed by atoms with Crippen LogP contribution >= 0.6 is 46.9 Å². The lowest BCUT2D eigenvalue weighted by atomic mass is 9.92. The van der Waals surface area contributed by atoms with Gasteiger partial charge in [0, 0.05) is 17.3 Å². The first-order valence-corrected chi connectivity index (χ1v) is 25.0. The summed E-state index contributed by atoms with van der Waals surface area (Å²) >= 11 is 0. The molecule has 2 saturated heterocycles. The second kappa shape index (κ2) is 18.3. The van der Waals surface area contributed by atoms with Crippen LogP contribution in [0, 0.1) is 0 Å². The van der Waals surface area contributed by atoms with Crippen molar-refractivity contribution in [3.05, 3.63) is 55.9 Å². The Bertz CT molecular complexity index is 2600. The minimum Gasteiger partial charge on any atom is -0.386 e. The van der Waals surface area contributed by atoms with Crippen molar-refractivity contribution in [2.45, 2.75) is 61.4 Å². The van der Waals surface area contributed by atoms with Crippen LogP contribution in [0.3, 0.4) is 0 Å². The quantitative estimate of drug-likeness (QED) is 0.0250. The first-order valence-electron chi connectivity index (χ1n) is 15.9. The Morgan fingerprint density at radius 3 is 1.66 bits per heavy atom. The van der Waals surface area contributed by atoms with Gasteiger partial charge in [0.15, 0.2) is 30.0 Å². The fourth-order valence-corrected chi connectivity index (χ4v) is 11.5. The Morgan fingerprint density at radius 2 is 1.20 bits per heavy atom. The molecule has 0 bridgehead atoms. The van der Waals surface area contributed by atoms with Gasteiger partial charge in [0.05, 0.1) is 0 Å². The number of rotatable bonds is 20. The number of alkyl halides is 2. The second-order valence-corrected chi connectivity index (χ2v) is 21.7. The third-order valence-electron chi connectivity index (χ3n) is 8.02. The molecule has 2 aliphatic rings. The van der Waals surface area contributed by atoms with Crippen molar-refractivity contribution in [2.75, 3.05) is 24.4 Å². The lowest BCUT2D eigenvalue weighted by Gasteiger charge is -2.32. The molecular formula is C20H31F2N9O27P6. The highest BCUT2D eigenvalue weighted by atomic mass is 31.3. The minimum absolute atomic E-state index is 0.322. The number of aromatic nitrogens is 4. The van der Waals surface area contributed by atoms with Crippen LogP contribution in [0.2, 0.25) is 0 Å². The van der Waals surface area contributed by atoms with E-state index in [1.165, 1.54) is 0 Å². The molecular weight excluding hydrogens is 1020 g/mol. The van der Waals surface area contributed by atoms with E-state index in [1.54, 1.807) is 0 Å². The van der Waals surface area contributed by atoms with Gasteiger partial charge in [0.2, 0.25) is 0 Å². The fourth-order valence-electron chi connectivity index (χ4n) is 5.44. The molecule has 0 aromatic carbocycles. The molecule has 12 atom stereocenters. The molecule has 2 fully saturated rings. The SMILES string of the molecule is C[C@]1(N=[N+]=[N-])[C@H](n2ccc(NO[C@@]3(C)[C@H](n4ccc(N)nc4=O)O[C@](F)(COP(=O)(O)OP(=O)(O)OP(=O)(O)O)[C@H]3O)nc2=O)O[C@](F)(COP(=O)(O)OP(=O)(O)OP(=O)(O)O)[C@H]1O. The molecule has 2 aromatic heterocycles. The van der Waals surface area contributed by atoms with Gasteiger partial charge in [0.25, 0.3) is 11.7 Å². The lowest BCUT2D eigenvalue weighted by molar-refractivity contribution is -0.205. The highest BCUT2D eigenvalue weighted by Gasteiger charge is 2.67. The van der Waals surface area contributed by atoms with Gasteiger partial charge < -0.3 is 64.6 Å². The van der Waals surface area contributed by atoms with Crippen LogP contribution in [-0.2, 0) is 68.0 Å². The Morgan fingerprint density at radius 1 is 0.766 bits per heavy atom. The smallest absolute Gasteiger partial charge is 0.386 e. The van der Waals surface area contributed by atoms with Crippen molar-refractivity contribution in [3.63, 3.8) is 0 Å². The van der Waals surface area contributed by atoms with Crippen LogP contribution in [-0.4, -0.2) is 117 Å². The van der Waals surface area contributed by atoms with Gasteiger partial charge in [-0.1, -0.05) is 5.11 Å². The molecule has 0 amide bonds. The molecule has 36 nitrogen and oxygen atoms in total. The number of anilines is 2. The summed E-state index contributed by atoms with van der Waals surface area (Å²) in [6.07, 6.45) is -8.65. The zero-order chi connectivity index (χ0) is 48.9. The number of azide groups is 1. The number of nitrogen functional groups attached to an aromatic ring is 1. The summed E-state index contributed by atoms with van der Waals surface area (Å²) in [5, 5.41) is 25.2. The van der Waals surface area contributed by atoms with Crippen LogP contribution in [0.15, 0.2) is 39.2 Å². The van der Waals surface area contributed by atoms with Crippen molar-refractivity contribution in [1.29, 1.82) is 0 Å². The first-order chi connectivity index (χ1) is 28.8. The number of aliphatic hydroxyl groups excluding tert-OH is 2. The standard InChI is InChI=1S/C20H31F2N9O27P6/c1-17(28-29-24)11(32)19(21,7-50-61(42,43)57-63(46,47)55-59(36,37)38)52-13(17)30-6-4-10(26-16(30)35)27-54-18(2)12(33)20(22,53-14(18)31-5-3-9(23)25-15(31)34)8-51-62(44,45)58-64(48,49)56-60(39,40)41/h3-6,11-14,32-33H,7-8H2,1-2H3,(H,42,43)(H,44,45)(H,46,47)(H,48,49)(H2,23,25,34)(H,26,27,35)(H2,36,37,38)(H2,39,40,41)/t11-,12-,13+,14+,17+,18+,19+,20+/m0/s1. The molecule has 4 unspecified atom stereocenters. The number of nitrogens with two attached hydrogens (primary N) is 1. The zero-order valence-corrected chi connectivity index (χ0v) is 36.5. The third-order valence-corrected chi connectivity index (χ3v) is 15.6. The maximum absolute atomic E-state index is 16.4. The second-order valence-electron chi connectivity index (χ2n) is 12.9. The average Bonchev–Trinajstić information content (AvgIpc) is 3.41. The van der Waals surface area contributed by atoms with Gasteiger partial charge in [-0.05, 0) is 31.5 Å². The monoisotopic (exact) mass is 1050 g/mol. The number of phosphoric ester groups is 2. The first kappa shape index (κ1) is 53.8. The lowest BCUT2D eigenvalue weighted by Crippen LogP contribution is -2.52. The van der Waals surface area contributed by atoms with Gasteiger partial charge in [-0.2, -0.15) is 27.2 Å². The average molecular weight is 1050 g/mol. The molecule has 0 spiro atoms. The summed E-state index contributed by atoms with van der Waals surface area (Å²) in [6, 6.07) is 1.71. The van der Waals surface area contributed by atoms with E-state index in [9.17, 15) is 66.8 Å². The zero-order valence-electron chi connectivity index (χ0n) is 31.1. The van der Waals surface area contributed by atoms with E-state index >= 15 is 8.78 Å². The van der Waals surface area contributed by atoms with E-state index in [2.05, 4.69) is 46.3 Å². The predicted octanol–water partition coefficient (Wildman–Crippen LogP) is -0.949. The summed E-state index contributed by atoms with van der Waals surface area (Å²) in [4.78, 5) is 114. The van der Waals surface area contributed by atoms with E-state index in [0.29, 0.717) is 15.3 Å². The summed E-state index contributed by atoms with van der Waals surface area (Å²) < 4.78 is 136. The van der Waals surface area contributed by atoms with E-state index in [-0.39, 0.29) is 0 Å².